The number of hydrogen-bond donors (Lipinski definition) is 0. The molecule has 0 saturated heterocycles. The summed E-state index contributed by atoms with van der Waals surface area (Å²) in [5.74, 6) is 0.426. The number of rotatable bonds is 2. The second-order valence-electron chi connectivity index (χ2n) is 2.90. The van der Waals surface area contributed by atoms with Crippen LogP contribution in [0.15, 0.2) is 24.5 Å². The van der Waals surface area contributed by atoms with E-state index in [0.29, 0.717) is 16.5 Å². The van der Waals surface area contributed by atoms with Gasteiger partial charge in [0.05, 0.1) is 13.3 Å². The standard InChI is InChI=1S/C10H7ClN4O/c1-16-10-13-6-8(11)9(14-10)15-4-2-3-7(15)5-12/h2-4,6H,1H3. The second-order valence-corrected chi connectivity index (χ2v) is 3.31. The highest BCUT2D eigenvalue weighted by Crippen LogP contribution is 2.20. The number of hydrogen-bond acceptors (Lipinski definition) is 4. The van der Waals surface area contributed by atoms with Gasteiger partial charge in [0.1, 0.15) is 16.8 Å². The van der Waals surface area contributed by atoms with Crippen LogP contribution in [-0.4, -0.2) is 21.6 Å². The topological polar surface area (TPSA) is 63.7 Å². The molecule has 0 bridgehead atoms. The maximum absolute atomic E-state index is 8.90. The van der Waals surface area contributed by atoms with Crippen molar-refractivity contribution >= 4 is 11.6 Å². The highest BCUT2D eigenvalue weighted by atomic mass is 35.5. The zero-order chi connectivity index (χ0) is 11.5. The lowest BCUT2D eigenvalue weighted by atomic mass is 10.4. The van der Waals surface area contributed by atoms with Gasteiger partial charge in [-0.25, -0.2) is 4.98 Å². The smallest absolute Gasteiger partial charge is 0.318 e. The fourth-order valence-electron chi connectivity index (χ4n) is 1.27. The van der Waals surface area contributed by atoms with E-state index in [1.807, 2.05) is 6.07 Å². The Morgan fingerprint density at radius 1 is 1.56 bits per heavy atom. The molecule has 80 valence electrons. The average molecular weight is 235 g/mol. The van der Waals surface area contributed by atoms with Crippen LogP contribution in [0.2, 0.25) is 5.02 Å². The molecule has 0 amide bonds. The normalized spacial score (nSPS) is 9.81. The Kier molecular flexibility index (Phi) is 2.75. The molecular formula is C10H7ClN4O. The van der Waals surface area contributed by atoms with Crippen molar-refractivity contribution in [2.45, 2.75) is 0 Å². The summed E-state index contributed by atoms with van der Waals surface area (Å²) in [4.78, 5) is 7.95. The zero-order valence-corrected chi connectivity index (χ0v) is 9.14. The van der Waals surface area contributed by atoms with E-state index in [1.165, 1.54) is 13.3 Å². The van der Waals surface area contributed by atoms with E-state index in [2.05, 4.69) is 9.97 Å². The minimum Gasteiger partial charge on any atom is -0.467 e. The third kappa shape index (κ3) is 1.71. The van der Waals surface area contributed by atoms with E-state index < -0.39 is 0 Å². The highest BCUT2D eigenvalue weighted by Gasteiger charge is 2.10. The number of halogens is 1. The largest absolute Gasteiger partial charge is 0.467 e. The van der Waals surface area contributed by atoms with Crippen LogP contribution < -0.4 is 4.74 Å². The van der Waals surface area contributed by atoms with Crippen LogP contribution in [0.3, 0.4) is 0 Å². The van der Waals surface area contributed by atoms with Gasteiger partial charge in [-0.15, -0.1) is 0 Å². The molecule has 16 heavy (non-hydrogen) atoms. The zero-order valence-electron chi connectivity index (χ0n) is 8.38. The number of methoxy groups -OCH3 is 1. The summed E-state index contributed by atoms with van der Waals surface area (Å²) in [7, 11) is 1.47. The van der Waals surface area contributed by atoms with Crippen LogP contribution in [0.25, 0.3) is 5.82 Å². The van der Waals surface area contributed by atoms with Crippen molar-refractivity contribution in [3.63, 3.8) is 0 Å². The van der Waals surface area contributed by atoms with Crippen molar-refractivity contribution in [3.8, 4) is 17.9 Å². The maximum Gasteiger partial charge on any atom is 0.318 e. The fourth-order valence-corrected chi connectivity index (χ4v) is 1.45. The Morgan fingerprint density at radius 3 is 3.06 bits per heavy atom. The van der Waals surface area contributed by atoms with Crippen LogP contribution in [0.4, 0.5) is 0 Å². The molecule has 0 radical (unpaired) electrons. The van der Waals surface area contributed by atoms with Crippen molar-refractivity contribution in [1.29, 1.82) is 5.26 Å². The first-order chi connectivity index (χ1) is 7.76. The van der Waals surface area contributed by atoms with Crippen molar-refractivity contribution in [3.05, 3.63) is 35.2 Å². The third-order valence-electron chi connectivity index (χ3n) is 1.98. The SMILES string of the molecule is COc1ncc(Cl)c(-n2cccc2C#N)n1. The van der Waals surface area contributed by atoms with Crippen molar-refractivity contribution in [2.75, 3.05) is 7.11 Å². The maximum atomic E-state index is 8.90. The van der Waals surface area contributed by atoms with E-state index in [-0.39, 0.29) is 6.01 Å². The average Bonchev–Trinajstić information content (AvgIpc) is 2.77. The molecular weight excluding hydrogens is 228 g/mol. The number of aromatic nitrogens is 3. The van der Waals surface area contributed by atoms with Gasteiger partial charge in [0.2, 0.25) is 0 Å². The number of nitriles is 1. The predicted molar refractivity (Wildman–Crippen MR) is 57.6 cm³/mol. The van der Waals surface area contributed by atoms with Gasteiger partial charge in [0.15, 0.2) is 5.82 Å². The molecule has 0 fully saturated rings. The van der Waals surface area contributed by atoms with E-state index in [0.717, 1.165) is 0 Å². The molecule has 2 rings (SSSR count). The molecule has 2 heterocycles. The summed E-state index contributed by atoms with van der Waals surface area (Å²) in [6, 6.07) is 5.66. The van der Waals surface area contributed by atoms with Crippen LogP contribution in [0.1, 0.15) is 5.69 Å². The van der Waals surface area contributed by atoms with Crippen molar-refractivity contribution in [1.82, 2.24) is 14.5 Å². The molecule has 0 aromatic carbocycles. The summed E-state index contributed by atoms with van der Waals surface area (Å²) >= 11 is 5.96. The van der Waals surface area contributed by atoms with E-state index in [9.17, 15) is 0 Å². The van der Waals surface area contributed by atoms with Gasteiger partial charge in [0, 0.05) is 6.20 Å². The van der Waals surface area contributed by atoms with E-state index in [4.69, 9.17) is 21.6 Å². The lowest BCUT2D eigenvalue weighted by Gasteiger charge is -2.06. The molecule has 0 N–H and O–H groups in total. The summed E-state index contributed by atoms with van der Waals surface area (Å²) < 4.78 is 6.48. The summed E-state index contributed by atoms with van der Waals surface area (Å²) in [5, 5.41) is 9.25. The number of ether oxygens (including phenoxy) is 1. The lowest BCUT2D eigenvalue weighted by Crippen LogP contribution is -2.02. The summed E-state index contributed by atoms with van der Waals surface area (Å²) in [6.07, 6.45) is 3.14. The Hall–Kier alpha value is -2.06. The molecule has 0 unspecified atom stereocenters. The first-order valence-electron chi connectivity index (χ1n) is 4.40. The molecule has 0 spiro atoms. The van der Waals surface area contributed by atoms with Gasteiger partial charge in [-0.2, -0.15) is 10.2 Å². The van der Waals surface area contributed by atoms with Crippen LogP contribution >= 0.6 is 11.6 Å². The van der Waals surface area contributed by atoms with Crippen LogP contribution in [0, 0.1) is 11.3 Å². The van der Waals surface area contributed by atoms with Gasteiger partial charge in [-0.05, 0) is 12.1 Å². The minimum atomic E-state index is 0.206. The molecule has 0 atom stereocenters. The van der Waals surface area contributed by atoms with Crippen LogP contribution in [-0.2, 0) is 0 Å². The second kappa shape index (κ2) is 4.21. The Morgan fingerprint density at radius 2 is 2.38 bits per heavy atom. The van der Waals surface area contributed by atoms with Gasteiger partial charge in [-0.1, -0.05) is 11.6 Å². The summed E-state index contributed by atoms with van der Waals surface area (Å²) in [6.45, 7) is 0. The van der Waals surface area contributed by atoms with E-state index >= 15 is 0 Å². The van der Waals surface area contributed by atoms with Crippen molar-refractivity contribution in [2.24, 2.45) is 0 Å². The Labute approximate surface area is 96.9 Å². The van der Waals surface area contributed by atoms with Crippen LogP contribution in [0.5, 0.6) is 6.01 Å². The first kappa shape index (κ1) is 10.5. The molecule has 5 nitrogen and oxygen atoms in total. The first-order valence-corrected chi connectivity index (χ1v) is 4.78. The lowest BCUT2D eigenvalue weighted by molar-refractivity contribution is 0.379. The Balaban J connectivity index is 2.60. The predicted octanol–water partition coefficient (Wildman–Crippen LogP) is 1.80. The monoisotopic (exact) mass is 234 g/mol. The molecule has 6 heteroatoms. The molecule has 0 aliphatic heterocycles. The number of nitrogens with zero attached hydrogens (tertiary/aromatic N) is 4. The Bertz CT molecular complexity index is 558. The fraction of sp³-hybridized carbons (Fsp3) is 0.100. The van der Waals surface area contributed by atoms with E-state index in [1.54, 1.807) is 22.9 Å². The highest BCUT2D eigenvalue weighted by molar-refractivity contribution is 6.32. The molecule has 0 saturated carbocycles. The molecule has 0 aliphatic carbocycles. The van der Waals surface area contributed by atoms with Gasteiger partial charge < -0.3 is 4.74 Å². The molecule has 2 aromatic heterocycles. The quantitative estimate of drug-likeness (QED) is 0.795. The minimum absolute atomic E-state index is 0.206. The molecule has 2 aromatic rings. The third-order valence-corrected chi connectivity index (χ3v) is 2.24. The van der Waals surface area contributed by atoms with Crippen molar-refractivity contribution < 1.29 is 4.74 Å². The van der Waals surface area contributed by atoms with Gasteiger partial charge in [0.25, 0.3) is 0 Å². The summed E-state index contributed by atoms with van der Waals surface area (Å²) in [5.41, 5.74) is 0.447. The van der Waals surface area contributed by atoms with Gasteiger partial charge in [-0.3, -0.25) is 4.57 Å². The molecule has 0 aliphatic rings. The van der Waals surface area contributed by atoms with Gasteiger partial charge >= 0.3 is 6.01 Å².